The predicted octanol–water partition coefficient (Wildman–Crippen LogP) is 3.15. The Kier molecular flexibility index (Phi) is 55.7. The molecule has 2 bridgehead atoms. The first-order chi connectivity index (χ1) is 54.0. The van der Waals surface area contributed by atoms with Crippen molar-refractivity contribution in [3.8, 4) is 0 Å². The molecular formula is C80H156Cl2MnN20O8. The molecule has 5 heterocycles. The number of pyridine rings is 1. The molecule has 8 aliphatic rings. The van der Waals surface area contributed by atoms with Crippen molar-refractivity contribution >= 4 is 44.1 Å². The summed E-state index contributed by atoms with van der Waals surface area (Å²) in [6, 6.07) is 13.1. The number of hydrogen-bond donors (Lipinski definition) is 19. The van der Waals surface area contributed by atoms with Crippen LogP contribution in [0.5, 0.6) is 0 Å². The number of nitrogens with one attached hydrogen (secondary N) is 19. The maximum absolute atomic E-state index is 11.8. The average Bonchev–Trinajstić information content (AvgIpc) is 1.76. The zero-order valence-electron chi connectivity index (χ0n) is 69.7. The number of hydrogen-bond acceptors (Lipinski definition) is 28. The van der Waals surface area contributed by atoms with Gasteiger partial charge in [0.2, 0.25) is 0 Å². The topological polar surface area (TPSA) is 347 Å². The Hall–Kier alpha value is -2.63. The molecule has 0 amide bonds. The molecule has 4 aliphatic carbocycles. The van der Waals surface area contributed by atoms with E-state index >= 15 is 0 Å². The molecule has 17 atom stereocenters. The average molecular weight is 1650 g/mol. The Balaban J connectivity index is 0.000000269. The molecule has 19 N–H and O–H groups in total. The van der Waals surface area contributed by atoms with Crippen molar-refractivity contribution in [2.75, 3.05) is 151 Å². The number of rotatable bonds is 12. The van der Waals surface area contributed by atoms with Crippen LogP contribution in [0.1, 0.15) is 202 Å². The van der Waals surface area contributed by atoms with Gasteiger partial charge >= 0.3 is 57.2 Å². The molecule has 1 aromatic heterocycles. The Bertz CT molecular complexity index is 2460. The number of nitrogens with zero attached hydrogens (tertiary/aromatic N) is 1. The summed E-state index contributed by atoms with van der Waals surface area (Å²) in [6.45, 7) is 37.5. The summed E-state index contributed by atoms with van der Waals surface area (Å²) < 4.78 is 21.5. The molecule has 1 aromatic rings. The normalized spacial score (nSPS) is 31.5. The van der Waals surface area contributed by atoms with E-state index in [0.717, 1.165) is 110 Å². The van der Waals surface area contributed by atoms with E-state index in [1.807, 2.05) is 0 Å². The van der Waals surface area contributed by atoms with Crippen molar-refractivity contribution in [1.82, 2.24) is 106 Å². The number of halogens is 2. The Morgan fingerprint density at radius 2 is 0.613 bits per heavy atom. The molecule has 4 aliphatic heterocycles. The summed E-state index contributed by atoms with van der Waals surface area (Å²) in [7, 11) is 9.59. The number of fused-ring (bicyclic) bond motifs is 6. The van der Waals surface area contributed by atoms with E-state index < -0.39 is 0 Å². The summed E-state index contributed by atoms with van der Waals surface area (Å²) in [5.74, 6) is -1.16. The van der Waals surface area contributed by atoms with Crippen molar-refractivity contribution in [1.29, 1.82) is 0 Å². The fourth-order valence-corrected chi connectivity index (χ4v) is 15.4. The second-order valence-electron chi connectivity index (χ2n) is 31.8. The van der Waals surface area contributed by atoms with Gasteiger partial charge in [0.1, 0.15) is 26.4 Å². The van der Waals surface area contributed by atoms with E-state index in [-0.39, 0.29) is 100 Å². The number of carbonyl (C=O) groups is 4. The van der Waals surface area contributed by atoms with Crippen LogP contribution in [-0.4, -0.2) is 282 Å². The third-order valence-corrected chi connectivity index (χ3v) is 22.1. The minimum absolute atomic E-state index is 0.00694. The van der Waals surface area contributed by atoms with Gasteiger partial charge in [0, 0.05) is 242 Å². The molecule has 111 heavy (non-hydrogen) atoms. The Morgan fingerprint density at radius 1 is 0.333 bits per heavy atom. The number of ether oxygens (including phenoxy) is 4. The van der Waals surface area contributed by atoms with Crippen molar-refractivity contribution in [2.45, 2.75) is 307 Å². The van der Waals surface area contributed by atoms with E-state index in [2.05, 4.69) is 159 Å². The van der Waals surface area contributed by atoms with Crippen LogP contribution in [0.25, 0.3) is 0 Å². The second kappa shape index (κ2) is 62.5. The standard InChI is InChI=1S/C26H49N5O8.C20H41N5.C19H39N5.C15H27N5.2ClH.Mn/c1-5-23(32)36-15-19-11-27-9-10-28-20(16-37-24(33)6-2)12-30-22(18-39-26(35)8-4)14-31-21(13-29-19)17-38-25(34)7-3;1-15-13-24-18-8-4-3-7-17(18)21-11-12-22-19-9-5-6-10-20(19)25-16(2)14-23-15;1-15-14-24-19-9-5-4-8-18(19)23-13-12-22-17-7-3-2-6-16(17)21-11-10-20-15;1-12-8-16-6-7-17-9-13(2)19-11-15-5-3-4-14(20-15)10-18-12;;;/h19-22,27-31H,5-18H2,1-4H3;15-25H,3-14H2,1-2H3;15-24H,2-14H2,1H3;3-5,12-13,16-19H,6-11H2,1-2H3;2*1H;/q;;;;;;+2/p-2/t19-,20+,21+,22-;15-,16-,17?,18?,19?,20?;15-,16?,17?,18?,19?;12-,13-;;;/m0110.../s1. The van der Waals surface area contributed by atoms with Gasteiger partial charge in [-0.2, -0.15) is 0 Å². The molecule has 0 spiro atoms. The van der Waals surface area contributed by atoms with Crippen LogP contribution in [0, 0.1) is 0 Å². The number of aromatic nitrogens is 1. The third kappa shape index (κ3) is 45.8. The van der Waals surface area contributed by atoms with Crippen molar-refractivity contribution in [3.63, 3.8) is 0 Å². The number of esters is 4. The molecule has 0 aromatic carbocycles. The molecule has 8 unspecified atom stereocenters. The Labute approximate surface area is 684 Å². The summed E-state index contributed by atoms with van der Waals surface area (Å²) >= 11 is 0.00694. The fraction of sp³-hybridized carbons (Fsp3) is 0.887. The van der Waals surface area contributed by atoms with Gasteiger partial charge in [-0.25, -0.2) is 0 Å². The summed E-state index contributed by atoms with van der Waals surface area (Å²) in [4.78, 5) is 51.8. The van der Waals surface area contributed by atoms with Crippen LogP contribution < -0.4 is 101 Å². The zero-order chi connectivity index (χ0) is 79.9. The van der Waals surface area contributed by atoms with Gasteiger partial charge < -0.3 is 120 Å². The predicted molar refractivity (Wildman–Crippen MR) is 447 cm³/mol. The van der Waals surface area contributed by atoms with Crippen LogP contribution in [0.4, 0.5) is 0 Å². The SMILES string of the molecule is CCC(=O)OC[C@H]1CN[C@H](COC(=O)CC)CN[C@@H](COC(=O)CC)CN[C@H](COC(=O)CC)CNCCN1.C[C@@H]1CNC2CCCCC2NCCNC2CCCCC2NCCN1.C[C@@H]1CNC2CCCCC2NCCNC2CCCCC2N[C@H](C)CN1.C[C@H]1CNCCNC[C@H](C)NCc2cccc(n2)CN1.[Cl][Mn][Cl]. The van der Waals surface area contributed by atoms with Gasteiger partial charge in [-0.1, -0.05) is 85.1 Å². The van der Waals surface area contributed by atoms with E-state index in [1.165, 1.54) is 103 Å². The van der Waals surface area contributed by atoms with E-state index in [0.29, 0.717) is 131 Å². The number of carbonyl (C=O) groups excluding carboxylic acids is 4. The van der Waals surface area contributed by atoms with Gasteiger partial charge in [-0.15, -0.1) is 0 Å². The molecule has 645 valence electrons. The van der Waals surface area contributed by atoms with Crippen molar-refractivity contribution in [3.05, 3.63) is 29.6 Å². The van der Waals surface area contributed by atoms with Gasteiger partial charge in [-0.3, -0.25) is 24.2 Å². The van der Waals surface area contributed by atoms with E-state index in [1.54, 1.807) is 27.7 Å². The van der Waals surface area contributed by atoms with Crippen molar-refractivity contribution in [2.24, 2.45) is 0 Å². The molecule has 7 fully saturated rings. The summed E-state index contributed by atoms with van der Waals surface area (Å²) in [6.07, 6.45) is 22.7. The zero-order valence-corrected chi connectivity index (χ0v) is 72.4. The van der Waals surface area contributed by atoms with Gasteiger partial charge in [0.25, 0.3) is 0 Å². The third-order valence-electron chi connectivity index (χ3n) is 22.1. The maximum atomic E-state index is 11.8. The molecule has 31 heteroatoms. The molecule has 9 rings (SSSR count). The molecule has 4 saturated carbocycles. The quantitative estimate of drug-likeness (QED) is 0.0812. The molecule has 28 nitrogen and oxygen atoms in total. The van der Waals surface area contributed by atoms with Gasteiger partial charge in [0.05, 0.1) is 35.6 Å². The minimum atomic E-state index is -0.301. The van der Waals surface area contributed by atoms with Crippen molar-refractivity contribution < 1.29 is 51.3 Å². The first kappa shape index (κ1) is 98.9. The van der Waals surface area contributed by atoms with Gasteiger partial charge in [0.15, 0.2) is 0 Å². The van der Waals surface area contributed by atoms with Crippen LogP contribution in [0.2, 0.25) is 0 Å². The fourth-order valence-electron chi connectivity index (χ4n) is 15.4. The second-order valence-corrected chi connectivity index (χ2v) is 33.7. The van der Waals surface area contributed by atoms with Crippen LogP contribution in [0.15, 0.2) is 18.2 Å². The van der Waals surface area contributed by atoms with E-state index in [4.69, 9.17) is 39.1 Å². The van der Waals surface area contributed by atoms with Gasteiger partial charge in [-0.05, 0) is 98.1 Å². The van der Waals surface area contributed by atoms with E-state index in [9.17, 15) is 19.2 Å². The molecule has 0 radical (unpaired) electrons. The first-order valence-electron chi connectivity index (χ1n) is 43.3. The first-order valence-corrected chi connectivity index (χ1v) is 46.6. The summed E-state index contributed by atoms with van der Waals surface area (Å²) in [5.41, 5.74) is 2.22. The van der Waals surface area contributed by atoms with Crippen LogP contribution >= 0.6 is 20.2 Å². The summed E-state index contributed by atoms with van der Waals surface area (Å²) in [5, 5.41) is 69.0. The monoisotopic (exact) mass is 1650 g/mol. The molecule has 3 saturated heterocycles. The van der Waals surface area contributed by atoms with Crippen LogP contribution in [-0.2, 0) is 64.3 Å². The van der Waals surface area contributed by atoms with Crippen LogP contribution in [0.3, 0.4) is 0 Å². The Morgan fingerprint density at radius 3 is 0.991 bits per heavy atom. The molecular weight excluding hydrogens is 1490 g/mol.